The summed E-state index contributed by atoms with van der Waals surface area (Å²) in [6, 6.07) is 0. The highest BCUT2D eigenvalue weighted by atomic mass is 16.5. The molecule has 0 aromatic carbocycles. The topological polar surface area (TPSA) is 75.1 Å². The highest BCUT2D eigenvalue weighted by molar-refractivity contribution is 5.79. The van der Waals surface area contributed by atoms with Gasteiger partial charge in [0.2, 0.25) is 0 Å². The lowest BCUT2D eigenvalue weighted by Crippen LogP contribution is -2.41. The fourth-order valence-electron chi connectivity index (χ4n) is 3.28. The van der Waals surface area contributed by atoms with Gasteiger partial charge in [0.05, 0.1) is 25.4 Å². The van der Waals surface area contributed by atoms with Crippen molar-refractivity contribution in [2.45, 2.75) is 57.5 Å². The molecule has 3 N–H and O–H groups in total. The van der Waals surface area contributed by atoms with Crippen LogP contribution in [0.25, 0.3) is 0 Å². The molecule has 2 aliphatic rings. The zero-order valence-corrected chi connectivity index (χ0v) is 15.2. The van der Waals surface area contributed by atoms with Gasteiger partial charge >= 0.3 is 0 Å². The zero-order valence-electron chi connectivity index (χ0n) is 15.2. The molecule has 0 aromatic rings. The average molecular weight is 341 g/mol. The van der Waals surface area contributed by atoms with E-state index in [-0.39, 0.29) is 0 Å². The fraction of sp³-hybridized carbons (Fsp3) is 0.944. The van der Waals surface area contributed by atoms with E-state index in [0.717, 1.165) is 84.0 Å². The summed E-state index contributed by atoms with van der Waals surface area (Å²) in [5.74, 6) is 1.37. The van der Waals surface area contributed by atoms with Crippen molar-refractivity contribution in [1.82, 2.24) is 10.6 Å². The van der Waals surface area contributed by atoms with Crippen LogP contribution in [-0.2, 0) is 9.47 Å². The van der Waals surface area contributed by atoms with Crippen LogP contribution in [0.15, 0.2) is 4.99 Å². The Bertz CT molecular complexity index is 365. The Morgan fingerprint density at radius 1 is 1.29 bits per heavy atom. The maximum atomic E-state index is 10.5. The number of aliphatic hydroxyl groups is 1. The van der Waals surface area contributed by atoms with Crippen molar-refractivity contribution in [2.24, 2.45) is 10.9 Å². The summed E-state index contributed by atoms with van der Waals surface area (Å²) in [4.78, 5) is 4.58. The van der Waals surface area contributed by atoms with Gasteiger partial charge in [-0.3, -0.25) is 4.99 Å². The van der Waals surface area contributed by atoms with Gasteiger partial charge in [0.15, 0.2) is 5.96 Å². The summed E-state index contributed by atoms with van der Waals surface area (Å²) in [5.41, 5.74) is -0.604. The van der Waals surface area contributed by atoms with Crippen LogP contribution in [0.2, 0.25) is 0 Å². The Morgan fingerprint density at radius 3 is 2.83 bits per heavy atom. The van der Waals surface area contributed by atoms with Crippen molar-refractivity contribution in [2.75, 3.05) is 46.1 Å². The second-order valence-electron chi connectivity index (χ2n) is 7.07. The van der Waals surface area contributed by atoms with E-state index in [9.17, 15) is 5.11 Å². The first-order valence-corrected chi connectivity index (χ1v) is 9.62. The van der Waals surface area contributed by atoms with Crippen LogP contribution in [0.5, 0.6) is 0 Å². The van der Waals surface area contributed by atoms with Crippen molar-refractivity contribution in [3.05, 3.63) is 0 Å². The molecule has 1 saturated carbocycles. The molecule has 24 heavy (non-hydrogen) atoms. The molecular formula is C18H35N3O3. The molecule has 0 spiro atoms. The zero-order chi connectivity index (χ0) is 17.1. The summed E-state index contributed by atoms with van der Waals surface area (Å²) in [5, 5.41) is 17.1. The van der Waals surface area contributed by atoms with Crippen LogP contribution in [0.4, 0.5) is 0 Å². The minimum atomic E-state index is -0.604. The van der Waals surface area contributed by atoms with Crippen LogP contribution in [0.3, 0.4) is 0 Å². The van der Waals surface area contributed by atoms with E-state index in [4.69, 9.17) is 9.47 Å². The summed E-state index contributed by atoms with van der Waals surface area (Å²) in [7, 11) is 0. The van der Waals surface area contributed by atoms with Crippen LogP contribution >= 0.6 is 0 Å². The lowest BCUT2D eigenvalue weighted by Gasteiger charge is -2.30. The summed E-state index contributed by atoms with van der Waals surface area (Å²) in [6.07, 6.45) is 7.26. The Labute approximate surface area is 146 Å². The summed E-state index contributed by atoms with van der Waals surface area (Å²) in [6.45, 7) is 7.48. The molecule has 0 amide bonds. The van der Waals surface area contributed by atoms with Gasteiger partial charge in [0.25, 0.3) is 0 Å². The normalized spacial score (nSPS) is 24.1. The predicted molar refractivity (Wildman–Crippen MR) is 96.4 cm³/mol. The highest BCUT2D eigenvalue weighted by Gasteiger charge is 2.28. The number of hydrogen-bond donors (Lipinski definition) is 3. The number of hydrogen-bond acceptors (Lipinski definition) is 4. The van der Waals surface area contributed by atoms with Gasteiger partial charge in [-0.05, 0) is 32.6 Å². The lowest BCUT2D eigenvalue weighted by molar-refractivity contribution is 0.0131. The molecule has 0 bridgehead atoms. The molecule has 1 atom stereocenters. The van der Waals surface area contributed by atoms with Crippen LogP contribution in [0, 0.1) is 5.92 Å². The first kappa shape index (κ1) is 19.5. The Hall–Kier alpha value is -0.850. The minimum absolute atomic E-state index is 0.487. The van der Waals surface area contributed by atoms with Crippen LogP contribution < -0.4 is 10.6 Å². The smallest absolute Gasteiger partial charge is 0.191 e. The second kappa shape index (κ2) is 10.9. The molecule has 0 radical (unpaired) electrons. The van der Waals surface area contributed by atoms with Gasteiger partial charge < -0.3 is 25.2 Å². The van der Waals surface area contributed by atoms with Gasteiger partial charge in [-0.1, -0.05) is 19.3 Å². The first-order chi connectivity index (χ1) is 11.7. The molecule has 6 heteroatoms. The number of ether oxygens (including phenoxy) is 2. The molecule has 1 aliphatic heterocycles. The highest BCUT2D eigenvalue weighted by Crippen LogP contribution is 2.28. The molecule has 6 nitrogen and oxygen atoms in total. The van der Waals surface area contributed by atoms with Gasteiger partial charge in [-0.2, -0.15) is 0 Å². The quantitative estimate of drug-likeness (QED) is 0.338. The monoisotopic (exact) mass is 341 g/mol. The second-order valence-corrected chi connectivity index (χ2v) is 7.07. The van der Waals surface area contributed by atoms with Gasteiger partial charge in [-0.25, -0.2) is 0 Å². The van der Waals surface area contributed by atoms with Crippen molar-refractivity contribution >= 4 is 5.96 Å². The molecule has 1 saturated heterocycles. The first-order valence-electron chi connectivity index (χ1n) is 9.62. The van der Waals surface area contributed by atoms with Crippen molar-refractivity contribution in [1.29, 1.82) is 0 Å². The number of guanidine groups is 1. The van der Waals surface area contributed by atoms with E-state index < -0.39 is 5.60 Å². The molecule has 1 aliphatic carbocycles. The minimum Gasteiger partial charge on any atom is -0.388 e. The molecule has 2 fully saturated rings. The fourth-order valence-corrected chi connectivity index (χ4v) is 3.28. The summed E-state index contributed by atoms with van der Waals surface area (Å²) >= 11 is 0. The van der Waals surface area contributed by atoms with Crippen molar-refractivity contribution in [3.8, 4) is 0 Å². The number of nitrogens with zero attached hydrogens (tertiary/aromatic N) is 1. The number of rotatable bonds is 9. The number of aliphatic imine (C=N–C) groups is 1. The molecule has 1 heterocycles. The molecule has 1 unspecified atom stereocenters. The van der Waals surface area contributed by atoms with Crippen LogP contribution in [0.1, 0.15) is 51.9 Å². The Balaban J connectivity index is 1.60. The van der Waals surface area contributed by atoms with Crippen molar-refractivity contribution < 1.29 is 14.6 Å². The molecule has 2 rings (SSSR count). The summed E-state index contributed by atoms with van der Waals surface area (Å²) < 4.78 is 11.1. The SMILES string of the molecule is CCNC(=NCC1(O)CCCCC1)NCCCOCC1CCOC1. The molecule has 140 valence electrons. The van der Waals surface area contributed by atoms with E-state index in [2.05, 4.69) is 22.5 Å². The van der Waals surface area contributed by atoms with Crippen LogP contribution in [-0.4, -0.2) is 62.7 Å². The Kier molecular flexibility index (Phi) is 8.84. The third-order valence-electron chi connectivity index (χ3n) is 4.80. The van der Waals surface area contributed by atoms with E-state index in [1.807, 2.05) is 0 Å². The maximum Gasteiger partial charge on any atom is 0.191 e. The van der Waals surface area contributed by atoms with E-state index in [0.29, 0.717) is 12.5 Å². The van der Waals surface area contributed by atoms with E-state index in [1.165, 1.54) is 6.42 Å². The number of nitrogens with one attached hydrogen (secondary N) is 2. The third-order valence-corrected chi connectivity index (χ3v) is 4.80. The van der Waals surface area contributed by atoms with E-state index in [1.54, 1.807) is 0 Å². The van der Waals surface area contributed by atoms with Gasteiger partial charge in [-0.15, -0.1) is 0 Å². The lowest BCUT2D eigenvalue weighted by atomic mass is 9.85. The third kappa shape index (κ3) is 7.36. The van der Waals surface area contributed by atoms with E-state index >= 15 is 0 Å². The Morgan fingerprint density at radius 2 is 2.12 bits per heavy atom. The largest absolute Gasteiger partial charge is 0.388 e. The van der Waals surface area contributed by atoms with Gasteiger partial charge in [0.1, 0.15) is 0 Å². The molecular weight excluding hydrogens is 306 g/mol. The average Bonchev–Trinajstić information content (AvgIpc) is 3.10. The molecule has 0 aromatic heterocycles. The van der Waals surface area contributed by atoms with Gasteiger partial charge in [0, 0.05) is 32.2 Å². The van der Waals surface area contributed by atoms with Crippen molar-refractivity contribution in [3.63, 3.8) is 0 Å². The standard InChI is InChI=1S/C18H35N3O3/c1-2-19-17(21-15-18(22)8-4-3-5-9-18)20-10-6-11-23-13-16-7-12-24-14-16/h16,22H,2-15H2,1H3,(H2,19,20,21). The predicted octanol–water partition coefficient (Wildman–Crippen LogP) is 1.68. The maximum absolute atomic E-state index is 10.5.